The third-order valence-electron chi connectivity index (χ3n) is 3.11. The summed E-state index contributed by atoms with van der Waals surface area (Å²) < 4.78 is 38.0. The van der Waals surface area contributed by atoms with E-state index in [0.717, 1.165) is 18.2 Å². The predicted octanol–water partition coefficient (Wildman–Crippen LogP) is 3.63. The van der Waals surface area contributed by atoms with Gasteiger partial charge in [0.1, 0.15) is 0 Å². The number of amides is 1. The number of nitrogens with one attached hydrogen (secondary N) is 1. The van der Waals surface area contributed by atoms with E-state index in [1.165, 1.54) is 13.0 Å². The number of nitrogens with zero attached hydrogens (tertiary/aromatic N) is 1. The number of alkyl halides is 3. The molecule has 0 spiro atoms. The number of halogens is 3. The molecule has 0 aromatic heterocycles. The molecule has 1 aromatic carbocycles. The van der Waals surface area contributed by atoms with Gasteiger partial charge < -0.3 is 5.32 Å². The number of benzene rings is 1. The van der Waals surface area contributed by atoms with Crippen molar-refractivity contribution >= 4 is 17.4 Å². The highest BCUT2D eigenvalue weighted by Gasteiger charge is 2.32. The molecule has 0 saturated carbocycles. The highest BCUT2D eigenvalue weighted by atomic mass is 19.4. The maximum atomic E-state index is 12.7. The molecule has 1 unspecified atom stereocenters. The number of hydrogen-bond donors (Lipinski definition) is 1. The van der Waals surface area contributed by atoms with Crippen LogP contribution in [0.2, 0.25) is 0 Å². The maximum absolute atomic E-state index is 12.7. The lowest BCUT2D eigenvalue weighted by Crippen LogP contribution is -2.28. The molecular weight excluding hydrogens is 309 g/mol. The quantitative estimate of drug-likeness (QED) is 0.642. The number of carbonyl (C=O) groups excluding carboxylic acids is 2. The van der Waals surface area contributed by atoms with E-state index in [-0.39, 0.29) is 17.7 Å². The number of Topliss-reactive ketones (excluding diaryl/α,β-unsaturated/α-hetero) is 1. The number of hydrogen-bond acceptors (Lipinski definition) is 3. The number of anilines is 1. The van der Waals surface area contributed by atoms with Gasteiger partial charge in [-0.3, -0.25) is 9.59 Å². The second kappa shape index (κ2) is 7.58. The Morgan fingerprint density at radius 1 is 1.43 bits per heavy atom. The molecule has 0 bridgehead atoms. The summed E-state index contributed by atoms with van der Waals surface area (Å²) in [6.07, 6.45) is -2.66. The molecule has 7 heteroatoms. The largest absolute Gasteiger partial charge is 0.416 e. The molecule has 1 amide bonds. The van der Waals surface area contributed by atoms with Gasteiger partial charge in [-0.25, -0.2) is 0 Å². The van der Waals surface area contributed by atoms with Gasteiger partial charge in [0, 0.05) is 12.1 Å². The van der Waals surface area contributed by atoms with Crippen LogP contribution in [0.25, 0.3) is 0 Å². The van der Waals surface area contributed by atoms with Gasteiger partial charge in [-0.15, -0.1) is 6.58 Å². The SMILES string of the molecule is C=CCCC(=O)C(C#N)C(=O)Nc1ccc(C(F)(F)F)c(C)c1. The molecular formula is C16H15F3N2O2. The van der Waals surface area contributed by atoms with Crippen LogP contribution in [-0.2, 0) is 15.8 Å². The molecule has 1 aromatic rings. The van der Waals surface area contributed by atoms with Crippen LogP contribution in [0, 0.1) is 24.2 Å². The van der Waals surface area contributed by atoms with Gasteiger partial charge in [-0.1, -0.05) is 6.08 Å². The molecule has 0 saturated heterocycles. The van der Waals surface area contributed by atoms with Crippen molar-refractivity contribution in [3.05, 3.63) is 42.0 Å². The van der Waals surface area contributed by atoms with E-state index >= 15 is 0 Å². The topological polar surface area (TPSA) is 70.0 Å². The Hall–Kier alpha value is -2.62. The molecule has 122 valence electrons. The number of rotatable bonds is 6. The minimum absolute atomic E-state index is 0.00118. The van der Waals surface area contributed by atoms with Gasteiger partial charge >= 0.3 is 6.18 Å². The van der Waals surface area contributed by atoms with Crippen LogP contribution in [0.1, 0.15) is 24.0 Å². The second-order valence-corrected chi connectivity index (χ2v) is 4.87. The van der Waals surface area contributed by atoms with Gasteiger partial charge in [-0.2, -0.15) is 18.4 Å². The van der Waals surface area contributed by atoms with E-state index in [4.69, 9.17) is 5.26 Å². The molecule has 0 aliphatic carbocycles. The molecule has 1 N–H and O–H groups in total. The third-order valence-corrected chi connectivity index (χ3v) is 3.11. The van der Waals surface area contributed by atoms with E-state index < -0.39 is 29.3 Å². The first-order valence-corrected chi connectivity index (χ1v) is 6.72. The Morgan fingerprint density at radius 2 is 2.09 bits per heavy atom. The van der Waals surface area contributed by atoms with Crippen molar-refractivity contribution in [1.29, 1.82) is 5.26 Å². The maximum Gasteiger partial charge on any atom is 0.416 e. The third kappa shape index (κ3) is 4.95. The zero-order chi connectivity index (χ0) is 17.6. The minimum Gasteiger partial charge on any atom is -0.325 e. The van der Waals surface area contributed by atoms with Crippen molar-refractivity contribution in [1.82, 2.24) is 0 Å². The van der Waals surface area contributed by atoms with Crippen LogP contribution >= 0.6 is 0 Å². The first-order valence-electron chi connectivity index (χ1n) is 6.72. The molecule has 0 fully saturated rings. The molecule has 1 rings (SSSR count). The van der Waals surface area contributed by atoms with Gasteiger partial charge in [0.15, 0.2) is 11.7 Å². The number of ketones is 1. The van der Waals surface area contributed by atoms with Crippen LogP contribution < -0.4 is 5.32 Å². The highest BCUT2D eigenvalue weighted by molar-refractivity contribution is 6.09. The summed E-state index contributed by atoms with van der Waals surface area (Å²) in [6, 6.07) is 4.67. The Labute approximate surface area is 131 Å². The first-order chi connectivity index (χ1) is 10.7. The normalized spacial score (nSPS) is 12.1. The summed E-state index contributed by atoms with van der Waals surface area (Å²) in [5, 5.41) is 11.2. The highest BCUT2D eigenvalue weighted by Crippen LogP contribution is 2.32. The van der Waals surface area contributed by atoms with Crippen LogP contribution in [0.15, 0.2) is 30.9 Å². The number of carbonyl (C=O) groups is 2. The Bertz CT molecular complexity index is 660. The summed E-state index contributed by atoms with van der Waals surface area (Å²) in [7, 11) is 0. The summed E-state index contributed by atoms with van der Waals surface area (Å²) in [4.78, 5) is 23.7. The van der Waals surface area contributed by atoms with Crippen molar-refractivity contribution in [3.8, 4) is 6.07 Å². The zero-order valence-corrected chi connectivity index (χ0v) is 12.4. The molecule has 4 nitrogen and oxygen atoms in total. The standard InChI is InChI=1S/C16H15F3N2O2/c1-3-4-5-14(22)12(9-20)15(23)21-11-6-7-13(10(2)8-11)16(17,18)19/h3,6-8,12H,1,4-5H2,2H3,(H,21,23). The van der Waals surface area contributed by atoms with E-state index in [0.29, 0.717) is 6.42 Å². The van der Waals surface area contributed by atoms with E-state index in [1.54, 1.807) is 6.07 Å². The summed E-state index contributed by atoms with van der Waals surface area (Å²) in [5.41, 5.74) is -0.784. The number of allylic oxidation sites excluding steroid dienone is 1. The average molecular weight is 324 g/mol. The van der Waals surface area contributed by atoms with Crippen LogP contribution in [0.3, 0.4) is 0 Å². The van der Waals surface area contributed by atoms with Crippen molar-refractivity contribution in [2.75, 3.05) is 5.32 Å². The van der Waals surface area contributed by atoms with Crippen LogP contribution in [0.4, 0.5) is 18.9 Å². The minimum atomic E-state index is -4.48. The lowest BCUT2D eigenvalue weighted by molar-refractivity contribution is -0.138. The fraction of sp³-hybridized carbons (Fsp3) is 0.312. The molecule has 0 aliphatic rings. The van der Waals surface area contributed by atoms with Crippen molar-refractivity contribution in [2.45, 2.75) is 25.9 Å². The summed E-state index contributed by atoms with van der Waals surface area (Å²) in [6.45, 7) is 4.70. The second-order valence-electron chi connectivity index (χ2n) is 4.87. The van der Waals surface area contributed by atoms with Gasteiger partial charge in [0.05, 0.1) is 11.6 Å². The van der Waals surface area contributed by atoms with E-state index in [2.05, 4.69) is 11.9 Å². The van der Waals surface area contributed by atoms with E-state index in [1.807, 2.05) is 0 Å². The lowest BCUT2D eigenvalue weighted by Gasteiger charge is -2.13. The van der Waals surface area contributed by atoms with Crippen molar-refractivity contribution in [2.24, 2.45) is 5.92 Å². The fourth-order valence-corrected chi connectivity index (χ4v) is 1.94. The zero-order valence-electron chi connectivity index (χ0n) is 12.4. The molecule has 1 atom stereocenters. The number of nitriles is 1. The van der Waals surface area contributed by atoms with E-state index in [9.17, 15) is 22.8 Å². The van der Waals surface area contributed by atoms with Gasteiger partial charge in [0.25, 0.3) is 0 Å². The molecule has 23 heavy (non-hydrogen) atoms. The summed E-state index contributed by atoms with van der Waals surface area (Å²) in [5.74, 6) is -2.92. The van der Waals surface area contributed by atoms with Gasteiger partial charge in [0.2, 0.25) is 5.91 Å². The van der Waals surface area contributed by atoms with Gasteiger partial charge in [-0.05, 0) is 37.1 Å². The molecule has 0 heterocycles. The Morgan fingerprint density at radius 3 is 2.57 bits per heavy atom. The van der Waals surface area contributed by atoms with Crippen LogP contribution in [0.5, 0.6) is 0 Å². The van der Waals surface area contributed by atoms with Crippen molar-refractivity contribution in [3.63, 3.8) is 0 Å². The Balaban J connectivity index is 2.88. The first kappa shape index (κ1) is 18.4. The summed E-state index contributed by atoms with van der Waals surface area (Å²) >= 11 is 0. The molecule has 0 aliphatic heterocycles. The Kier molecular flexibility index (Phi) is 6.08. The monoisotopic (exact) mass is 324 g/mol. The predicted molar refractivity (Wildman–Crippen MR) is 78.4 cm³/mol. The lowest BCUT2D eigenvalue weighted by atomic mass is 10.0. The smallest absolute Gasteiger partial charge is 0.325 e. The van der Waals surface area contributed by atoms with Crippen molar-refractivity contribution < 1.29 is 22.8 Å². The average Bonchev–Trinajstić information content (AvgIpc) is 2.44. The van der Waals surface area contributed by atoms with Crippen LogP contribution in [-0.4, -0.2) is 11.7 Å². The number of aryl methyl sites for hydroxylation is 1. The molecule has 0 radical (unpaired) electrons. The fourth-order valence-electron chi connectivity index (χ4n) is 1.94.